The lowest BCUT2D eigenvalue weighted by atomic mass is 9.98. The highest BCUT2D eigenvalue weighted by molar-refractivity contribution is 6.02. The highest BCUT2D eigenvalue weighted by Gasteiger charge is 2.22. The molecule has 0 radical (unpaired) electrons. The molecule has 0 fully saturated rings. The molecular formula is C17H17N3O4. The average molecular weight is 327 g/mol. The van der Waals surface area contributed by atoms with Gasteiger partial charge in [-0.1, -0.05) is 6.07 Å². The van der Waals surface area contributed by atoms with Crippen molar-refractivity contribution in [1.29, 1.82) is 0 Å². The molecule has 0 bridgehead atoms. The molecular weight excluding hydrogens is 310 g/mol. The van der Waals surface area contributed by atoms with E-state index in [-0.39, 0.29) is 11.7 Å². The van der Waals surface area contributed by atoms with Crippen LogP contribution in [0.5, 0.6) is 11.5 Å². The number of nitro groups is 1. The average Bonchev–Trinajstić information content (AvgIpc) is 3.11. The number of nitrogens with one attached hydrogen (secondary N) is 1. The van der Waals surface area contributed by atoms with Crippen molar-refractivity contribution in [3.63, 3.8) is 0 Å². The van der Waals surface area contributed by atoms with E-state index < -0.39 is 4.92 Å². The summed E-state index contributed by atoms with van der Waals surface area (Å²) in [7, 11) is 3.20. The van der Waals surface area contributed by atoms with Crippen LogP contribution >= 0.6 is 0 Å². The standard InChI is InChI=1S/C17H17N3O4/c1-23-16-8-5-12(9-17(16)24-2)15-10-14(18-19-15)11-3-6-13(7-4-11)20(21)22/h3-9,15,19H,10H2,1-2H3. The summed E-state index contributed by atoms with van der Waals surface area (Å²) in [6.07, 6.45) is 0.688. The summed E-state index contributed by atoms with van der Waals surface area (Å²) in [5.74, 6) is 1.34. The van der Waals surface area contributed by atoms with Gasteiger partial charge in [-0.15, -0.1) is 0 Å². The van der Waals surface area contributed by atoms with E-state index in [4.69, 9.17) is 9.47 Å². The third-order valence-corrected chi connectivity index (χ3v) is 3.97. The summed E-state index contributed by atoms with van der Waals surface area (Å²) in [4.78, 5) is 10.3. The van der Waals surface area contributed by atoms with Gasteiger partial charge in [0, 0.05) is 18.6 Å². The second kappa shape index (κ2) is 6.57. The van der Waals surface area contributed by atoms with Crippen molar-refractivity contribution >= 4 is 11.4 Å². The SMILES string of the molecule is COc1ccc(C2CC(c3ccc([N+](=O)[O-])cc3)=NN2)cc1OC. The predicted molar refractivity (Wildman–Crippen MR) is 89.7 cm³/mol. The van der Waals surface area contributed by atoms with Gasteiger partial charge in [-0.25, -0.2) is 0 Å². The Bertz CT molecular complexity index is 787. The van der Waals surface area contributed by atoms with E-state index in [9.17, 15) is 10.1 Å². The zero-order valence-electron chi connectivity index (χ0n) is 13.4. The number of nitrogens with zero attached hydrogens (tertiary/aromatic N) is 2. The molecule has 24 heavy (non-hydrogen) atoms. The molecule has 3 rings (SSSR count). The fourth-order valence-electron chi connectivity index (χ4n) is 2.66. The van der Waals surface area contributed by atoms with Crippen LogP contribution in [0.25, 0.3) is 0 Å². The smallest absolute Gasteiger partial charge is 0.269 e. The first-order valence-corrected chi connectivity index (χ1v) is 7.41. The number of rotatable bonds is 5. The van der Waals surface area contributed by atoms with Crippen molar-refractivity contribution in [2.45, 2.75) is 12.5 Å². The zero-order valence-corrected chi connectivity index (χ0v) is 13.4. The molecule has 0 aromatic heterocycles. The molecule has 1 atom stereocenters. The molecule has 1 aliphatic heterocycles. The number of non-ortho nitro benzene ring substituents is 1. The molecule has 1 aliphatic rings. The minimum Gasteiger partial charge on any atom is -0.493 e. The fraction of sp³-hybridized carbons (Fsp3) is 0.235. The highest BCUT2D eigenvalue weighted by Crippen LogP contribution is 2.33. The molecule has 7 heteroatoms. The summed E-state index contributed by atoms with van der Waals surface area (Å²) in [5, 5.41) is 15.1. The Balaban J connectivity index is 1.76. The van der Waals surface area contributed by atoms with Gasteiger partial charge in [-0.3, -0.25) is 10.1 Å². The highest BCUT2D eigenvalue weighted by atomic mass is 16.6. The number of nitro benzene ring substituents is 1. The molecule has 0 saturated heterocycles. The second-order valence-electron chi connectivity index (χ2n) is 5.36. The van der Waals surface area contributed by atoms with Gasteiger partial charge >= 0.3 is 0 Å². The predicted octanol–water partition coefficient (Wildman–Crippen LogP) is 3.05. The minimum absolute atomic E-state index is 0.0231. The van der Waals surface area contributed by atoms with Gasteiger partial charge in [-0.05, 0) is 35.4 Å². The molecule has 1 N–H and O–H groups in total. The molecule has 124 valence electrons. The summed E-state index contributed by atoms with van der Waals surface area (Å²) < 4.78 is 10.6. The van der Waals surface area contributed by atoms with Crippen molar-refractivity contribution < 1.29 is 14.4 Å². The van der Waals surface area contributed by atoms with E-state index in [0.717, 1.165) is 16.8 Å². The van der Waals surface area contributed by atoms with Crippen LogP contribution < -0.4 is 14.9 Å². The number of hydrazone groups is 1. The molecule has 0 amide bonds. The van der Waals surface area contributed by atoms with Crippen LogP contribution in [0.3, 0.4) is 0 Å². The van der Waals surface area contributed by atoms with Crippen molar-refractivity contribution in [3.05, 3.63) is 63.7 Å². The van der Waals surface area contributed by atoms with Crippen molar-refractivity contribution in [3.8, 4) is 11.5 Å². The maximum absolute atomic E-state index is 10.7. The Kier molecular flexibility index (Phi) is 4.33. The first-order chi connectivity index (χ1) is 11.6. The van der Waals surface area contributed by atoms with Crippen LogP contribution in [-0.4, -0.2) is 24.9 Å². The summed E-state index contributed by atoms with van der Waals surface area (Å²) in [5.41, 5.74) is 5.95. The van der Waals surface area contributed by atoms with Gasteiger partial charge in [0.25, 0.3) is 5.69 Å². The van der Waals surface area contributed by atoms with Crippen LogP contribution in [0.2, 0.25) is 0 Å². The first kappa shape index (κ1) is 15.8. The Morgan fingerprint density at radius 2 is 1.83 bits per heavy atom. The van der Waals surface area contributed by atoms with E-state index in [0.29, 0.717) is 17.9 Å². The third-order valence-electron chi connectivity index (χ3n) is 3.97. The van der Waals surface area contributed by atoms with Gasteiger partial charge < -0.3 is 14.9 Å². The number of benzene rings is 2. The van der Waals surface area contributed by atoms with Crippen LogP contribution in [-0.2, 0) is 0 Å². The van der Waals surface area contributed by atoms with E-state index in [1.54, 1.807) is 26.4 Å². The van der Waals surface area contributed by atoms with Crippen molar-refractivity contribution in [2.24, 2.45) is 5.10 Å². The molecule has 0 spiro atoms. The lowest BCUT2D eigenvalue weighted by molar-refractivity contribution is -0.384. The maximum atomic E-state index is 10.7. The molecule has 1 heterocycles. The minimum atomic E-state index is -0.412. The molecule has 0 aliphatic carbocycles. The molecule has 2 aromatic rings. The van der Waals surface area contributed by atoms with Crippen LogP contribution in [0, 0.1) is 10.1 Å². The van der Waals surface area contributed by atoms with E-state index in [1.807, 2.05) is 18.2 Å². The van der Waals surface area contributed by atoms with Gasteiger partial charge in [0.1, 0.15) is 0 Å². The molecule has 7 nitrogen and oxygen atoms in total. The lowest BCUT2D eigenvalue weighted by Gasteiger charge is -2.14. The Morgan fingerprint density at radius 1 is 1.12 bits per heavy atom. The molecule has 0 saturated carbocycles. The third kappa shape index (κ3) is 3.01. The largest absolute Gasteiger partial charge is 0.493 e. The number of methoxy groups -OCH3 is 2. The zero-order chi connectivity index (χ0) is 17.1. The van der Waals surface area contributed by atoms with Crippen LogP contribution in [0.4, 0.5) is 5.69 Å². The summed E-state index contributed by atoms with van der Waals surface area (Å²) >= 11 is 0. The van der Waals surface area contributed by atoms with Gasteiger partial charge in [0.2, 0.25) is 0 Å². The lowest BCUT2D eigenvalue weighted by Crippen LogP contribution is -2.10. The molecule has 2 aromatic carbocycles. The van der Waals surface area contributed by atoms with E-state index in [1.165, 1.54) is 12.1 Å². The normalized spacial score (nSPS) is 16.2. The topological polar surface area (TPSA) is 86.0 Å². The monoisotopic (exact) mass is 327 g/mol. The van der Waals surface area contributed by atoms with Crippen molar-refractivity contribution in [2.75, 3.05) is 14.2 Å². The van der Waals surface area contributed by atoms with Gasteiger partial charge in [-0.2, -0.15) is 5.10 Å². The van der Waals surface area contributed by atoms with E-state index >= 15 is 0 Å². The van der Waals surface area contributed by atoms with Crippen molar-refractivity contribution in [1.82, 2.24) is 5.43 Å². The van der Waals surface area contributed by atoms with Gasteiger partial charge in [0.15, 0.2) is 11.5 Å². The Morgan fingerprint density at radius 3 is 2.46 bits per heavy atom. The number of hydrogen-bond donors (Lipinski definition) is 1. The maximum Gasteiger partial charge on any atom is 0.269 e. The van der Waals surface area contributed by atoms with Crippen LogP contribution in [0.1, 0.15) is 23.6 Å². The second-order valence-corrected chi connectivity index (χ2v) is 5.36. The first-order valence-electron chi connectivity index (χ1n) is 7.41. The quantitative estimate of drug-likeness (QED) is 0.674. The fourth-order valence-corrected chi connectivity index (χ4v) is 2.66. The summed E-state index contributed by atoms with van der Waals surface area (Å²) in [6, 6.07) is 12.2. The number of hydrogen-bond acceptors (Lipinski definition) is 6. The Labute approximate surface area is 139 Å². The van der Waals surface area contributed by atoms with Crippen LogP contribution in [0.15, 0.2) is 47.6 Å². The summed E-state index contributed by atoms with van der Waals surface area (Å²) in [6.45, 7) is 0. The number of ether oxygens (including phenoxy) is 2. The Hall–Kier alpha value is -3.09. The van der Waals surface area contributed by atoms with E-state index in [2.05, 4.69) is 10.5 Å². The molecule has 1 unspecified atom stereocenters. The van der Waals surface area contributed by atoms with Gasteiger partial charge in [0.05, 0.1) is 30.9 Å².